The molecule has 0 aromatic carbocycles. The lowest BCUT2D eigenvalue weighted by Crippen LogP contribution is -2.24. The van der Waals surface area contributed by atoms with Gasteiger partial charge in [-0.15, -0.1) is 0 Å². The molecule has 3 rings (SSSR count). The zero-order valence-electron chi connectivity index (χ0n) is 9.40. The molecule has 0 bridgehead atoms. The van der Waals surface area contributed by atoms with E-state index in [4.69, 9.17) is 5.73 Å². The fourth-order valence-electron chi connectivity index (χ4n) is 2.25. The van der Waals surface area contributed by atoms with Gasteiger partial charge in [0.25, 0.3) is 5.56 Å². The van der Waals surface area contributed by atoms with Crippen LogP contribution in [0.1, 0.15) is 24.4 Å². The smallest absolute Gasteiger partial charge is 0.291 e. The van der Waals surface area contributed by atoms with Crippen LogP contribution in [0.5, 0.6) is 0 Å². The van der Waals surface area contributed by atoms with Crippen molar-refractivity contribution in [1.29, 1.82) is 0 Å². The van der Waals surface area contributed by atoms with Gasteiger partial charge in [-0.3, -0.25) is 4.79 Å². The fraction of sp³-hybridized carbons (Fsp3) is 0.455. The van der Waals surface area contributed by atoms with Crippen molar-refractivity contribution in [2.45, 2.75) is 25.8 Å². The average molecular weight is 218 g/mol. The van der Waals surface area contributed by atoms with Crippen LogP contribution < -0.4 is 11.3 Å². The lowest BCUT2D eigenvalue weighted by Gasteiger charge is -2.05. The number of aromatic nitrogens is 3. The topological polar surface area (TPSA) is 65.8 Å². The predicted octanol–water partition coefficient (Wildman–Crippen LogP) is 0.961. The first-order valence-electron chi connectivity index (χ1n) is 5.43. The molecule has 2 heterocycles. The summed E-state index contributed by atoms with van der Waals surface area (Å²) in [7, 11) is 1.87. The molecule has 84 valence electrons. The van der Waals surface area contributed by atoms with Crippen LogP contribution in [0.25, 0.3) is 10.9 Å². The van der Waals surface area contributed by atoms with Crippen LogP contribution >= 0.6 is 0 Å². The molecule has 1 fully saturated rings. The van der Waals surface area contributed by atoms with Gasteiger partial charge in [0, 0.05) is 13.2 Å². The van der Waals surface area contributed by atoms with E-state index >= 15 is 0 Å². The van der Waals surface area contributed by atoms with Gasteiger partial charge in [0.15, 0.2) is 5.82 Å². The molecular formula is C11H14N4O. The molecule has 5 nitrogen and oxygen atoms in total. The van der Waals surface area contributed by atoms with Crippen molar-refractivity contribution in [2.24, 2.45) is 7.05 Å². The van der Waals surface area contributed by atoms with Crippen molar-refractivity contribution >= 4 is 16.7 Å². The van der Waals surface area contributed by atoms with Gasteiger partial charge in [-0.05, 0) is 25.3 Å². The summed E-state index contributed by atoms with van der Waals surface area (Å²) in [6, 6.07) is 0.259. The Labute approximate surface area is 92.5 Å². The van der Waals surface area contributed by atoms with Crippen LogP contribution in [-0.4, -0.2) is 14.3 Å². The van der Waals surface area contributed by atoms with E-state index in [1.165, 1.54) is 4.68 Å². The maximum Gasteiger partial charge on any atom is 0.291 e. The SMILES string of the molecule is Cc1cn(C)c2c(=O)n(C3CC3)nc(N)c12. The van der Waals surface area contributed by atoms with Gasteiger partial charge in [0.05, 0.1) is 11.4 Å². The Kier molecular flexibility index (Phi) is 1.70. The molecule has 2 aromatic rings. The summed E-state index contributed by atoms with van der Waals surface area (Å²) in [6.07, 6.45) is 3.98. The molecule has 0 aliphatic heterocycles. The lowest BCUT2D eigenvalue weighted by atomic mass is 10.2. The third-order valence-electron chi connectivity index (χ3n) is 3.15. The van der Waals surface area contributed by atoms with Gasteiger partial charge in [0.2, 0.25) is 0 Å². The maximum atomic E-state index is 12.2. The molecule has 2 N–H and O–H groups in total. The highest BCUT2D eigenvalue weighted by molar-refractivity contribution is 5.91. The number of hydrogen-bond donors (Lipinski definition) is 1. The molecule has 5 heteroatoms. The normalized spacial score (nSPS) is 15.9. The summed E-state index contributed by atoms with van der Waals surface area (Å²) >= 11 is 0. The molecule has 0 amide bonds. The minimum Gasteiger partial charge on any atom is -0.382 e. The van der Waals surface area contributed by atoms with Gasteiger partial charge in [0.1, 0.15) is 5.52 Å². The standard InChI is InChI=1S/C11H14N4O/c1-6-5-14(2)9-8(6)10(12)13-15(11(9)16)7-3-4-7/h5,7H,3-4H2,1-2H3,(H2,12,13). The summed E-state index contributed by atoms with van der Waals surface area (Å²) in [5.74, 6) is 0.458. The molecule has 2 aromatic heterocycles. The zero-order valence-corrected chi connectivity index (χ0v) is 9.40. The Bertz CT molecular complexity index is 633. The highest BCUT2D eigenvalue weighted by atomic mass is 16.1. The van der Waals surface area contributed by atoms with E-state index in [1.807, 2.05) is 24.7 Å². The number of nitrogen functional groups attached to an aromatic ring is 1. The first kappa shape index (κ1) is 9.45. The molecule has 0 radical (unpaired) electrons. The Hall–Kier alpha value is -1.78. The van der Waals surface area contributed by atoms with Gasteiger partial charge in [-0.1, -0.05) is 0 Å². The monoisotopic (exact) mass is 218 g/mol. The molecule has 1 aliphatic rings. The molecule has 1 aliphatic carbocycles. The Morgan fingerprint density at radius 3 is 2.81 bits per heavy atom. The number of aryl methyl sites for hydroxylation is 2. The van der Waals surface area contributed by atoms with Crippen LogP contribution in [0.3, 0.4) is 0 Å². The number of hydrogen-bond acceptors (Lipinski definition) is 3. The van der Waals surface area contributed by atoms with Gasteiger partial charge >= 0.3 is 0 Å². The van der Waals surface area contributed by atoms with E-state index in [-0.39, 0.29) is 11.6 Å². The van der Waals surface area contributed by atoms with Crippen LogP contribution in [0.2, 0.25) is 0 Å². The summed E-state index contributed by atoms with van der Waals surface area (Å²) in [5, 5.41) is 5.00. The second-order valence-electron chi connectivity index (χ2n) is 4.51. The zero-order chi connectivity index (χ0) is 11.4. The fourth-order valence-corrected chi connectivity index (χ4v) is 2.25. The van der Waals surface area contributed by atoms with Crippen molar-refractivity contribution in [1.82, 2.24) is 14.3 Å². The van der Waals surface area contributed by atoms with Crippen molar-refractivity contribution in [3.05, 3.63) is 22.1 Å². The molecular weight excluding hydrogens is 204 g/mol. The molecule has 16 heavy (non-hydrogen) atoms. The summed E-state index contributed by atoms with van der Waals surface area (Å²) < 4.78 is 3.38. The van der Waals surface area contributed by atoms with Gasteiger partial charge < -0.3 is 10.3 Å². The summed E-state index contributed by atoms with van der Waals surface area (Å²) in [4.78, 5) is 12.2. The minimum atomic E-state index is -0.0256. The lowest BCUT2D eigenvalue weighted by molar-refractivity contribution is 0.607. The minimum absolute atomic E-state index is 0.0256. The second-order valence-corrected chi connectivity index (χ2v) is 4.51. The number of fused-ring (bicyclic) bond motifs is 1. The third kappa shape index (κ3) is 1.11. The molecule has 0 unspecified atom stereocenters. The quantitative estimate of drug-likeness (QED) is 0.775. The van der Waals surface area contributed by atoms with Gasteiger partial charge in [-0.25, -0.2) is 4.68 Å². The highest BCUT2D eigenvalue weighted by Crippen LogP contribution is 2.34. The van der Waals surface area contributed by atoms with E-state index < -0.39 is 0 Å². The van der Waals surface area contributed by atoms with E-state index in [0.29, 0.717) is 11.3 Å². The van der Waals surface area contributed by atoms with E-state index in [9.17, 15) is 4.79 Å². The highest BCUT2D eigenvalue weighted by Gasteiger charge is 2.28. The Morgan fingerprint density at radius 2 is 2.19 bits per heavy atom. The Morgan fingerprint density at radius 1 is 1.50 bits per heavy atom. The van der Waals surface area contributed by atoms with Crippen molar-refractivity contribution in [3.8, 4) is 0 Å². The predicted molar refractivity (Wildman–Crippen MR) is 62.4 cm³/mol. The number of nitrogens with two attached hydrogens (primary N) is 1. The molecule has 0 spiro atoms. The average Bonchev–Trinajstić information content (AvgIpc) is 2.99. The number of rotatable bonds is 1. The first-order valence-corrected chi connectivity index (χ1v) is 5.43. The van der Waals surface area contributed by atoms with E-state index in [2.05, 4.69) is 5.10 Å². The number of anilines is 1. The maximum absolute atomic E-state index is 12.2. The van der Waals surface area contributed by atoms with Gasteiger partial charge in [-0.2, -0.15) is 5.10 Å². The van der Waals surface area contributed by atoms with Crippen LogP contribution in [0.4, 0.5) is 5.82 Å². The number of nitrogens with zero attached hydrogens (tertiary/aromatic N) is 3. The third-order valence-corrected chi connectivity index (χ3v) is 3.15. The summed E-state index contributed by atoms with van der Waals surface area (Å²) in [6.45, 7) is 1.95. The molecule has 0 atom stereocenters. The molecule has 0 saturated heterocycles. The van der Waals surface area contributed by atoms with E-state index in [0.717, 1.165) is 23.8 Å². The van der Waals surface area contributed by atoms with Crippen molar-refractivity contribution < 1.29 is 0 Å². The van der Waals surface area contributed by atoms with Crippen LogP contribution in [0.15, 0.2) is 11.0 Å². The van der Waals surface area contributed by atoms with E-state index in [1.54, 1.807) is 0 Å². The first-order chi connectivity index (χ1) is 7.59. The van der Waals surface area contributed by atoms with Crippen LogP contribution in [-0.2, 0) is 7.05 Å². The van der Waals surface area contributed by atoms with Crippen molar-refractivity contribution in [3.63, 3.8) is 0 Å². The summed E-state index contributed by atoms with van der Waals surface area (Å²) in [5.41, 5.74) is 7.56. The molecule has 1 saturated carbocycles. The Balaban J connectivity index is 2.47. The second kappa shape index (κ2) is 2.87. The largest absolute Gasteiger partial charge is 0.382 e. The van der Waals surface area contributed by atoms with Crippen molar-refractivity contribution in [2.75, 3.05) is 5.73 Å². The van der Waals surface area contributed by atoms with Crippen LogP contribution in [0, 0.1) is 6.92 Å².